The van der Waals surface area contributed by atoms with Crippen LogP contribution >= 0.6 is 0 Å². The number of ether oxygens (including phenoxy) is 1. The van der Waals surface area contributed by atoms with E-state index in [1.165, 1.54) is 25.0 Å². The monoisotopic (exact) mass is 350 g/mol. The van der Waals surface area contributed by atoms with Crippen molar-refractivity contribution in [3.63, 3.8) is 0 Å². The number of fused-ring (bicyclic) bond motifs is 3. The minimum Gasteiger partial charge on any atom is -0.435 e. The van der Waals surface area contributed by atoms with Crippen LogP contribution in [0.1, 0.15) is 36.9 Å². The summed E-state index contributed by atoms with van der Waals surface area (Å²) in [5.41, 5.74) is 1.29. The van der Waals surface area contributed by atoms with E-state index in [9.17, 15) is 13.6 Å². The van der Waals surface area contributed by atoms with E-state index in [-0.39, 0.29) is 11.7 Å². The largest absolute Gasteiger partial charge is 0.435 e. The first-order valence-electron chi connectivity index (χ1n) is 8.74. The Bertz CT molecular complexity index is 778. The number of hydrogen-bond donors (Lipinski definition) is 0. The Morgan fingerprint density at radius 2 is 2.04 bits per heavy atom. The van der Waals surface area contributed by atoms with Gasteiger partial charge in [0.2, 0.25) is 6.33 Å². The van der Waals surface area contributed by atoms with Crippen LogP contribution in [0.4, 0.5) is 8.78 Å². The van der Waals surface area contributed by atoms with Crippen molar-refractivity contribution in [3.8, 4) is 5.75 Å². The summed E-state index contributed by atoms with van der Waals surface area (Å²) in [7, 11) is 2.19. The SMILES string of the molecule is CN1C2CCC1CC(CC(=O)n1c[nH+]c3cc(OC(F)F)ccc31)C2. The van der Waals surface area contributed by atoms with Gasteiger partial charge in [-0.05, 0) is 50.8 Å². The number of aromatic nitrogens is 2. The van der Waals surface area contributed by atoms with Gasteiger partial charge in [-0.3, -0.25) is 0 Å². The van der Waals surface area contributed by atoms with Gasteiger partial charge < -0.3 is 9.64 Å². The fourth-order valence-corrected chi connectivity index (χ4v) is 4.46. The predicted octanol–water partition coefficient (Wildman–Crippen LogP) is 2.96. The normalized spacial score (nSPS) is 26.5. The van der Waals surface area contributed by atoms with Crippen molar-refractivity contribution in [2.75, 3.05) is 7.05 Å². The summed E-state index contributed by atoms with van der Waals surface area (Å²) >= 11 is 0. The molecule has 2 aliphatic rings. The van der Waals surface area contributed by atoms with Gasteiger partial charge >= 0.3 is 12.5 Å². The first kappa shape index (κ1) is 16.4. The number of H-pyrrole nitrogens is 1. The lowest BCUT2D eigenvalue weighted by molar-refractivity contribution is -0.345. The molecule has 25 heavy (non-hydrogen) atoms. The zero-order valence-electron chi connectivity index (χ0n) is 14.1. The fourth-order valence-electron chi connectivity index (χ4n) is 4.46. The Hall–Kier alpha value is -2.02. The van der Waals surface area contributed by atoms with Gasteiger partial charge in [-0.1, -0.05) is 0 Å². The number of carbonyl (C=O) groups is 1. The first-order valence-corrected chi connectivity index (χ1v) is 8.74. The Morgan fingerprint density at radius 3 is 2.72 bits per heavy atom. The van der Waals surface area contributed by atoms with Crippen molar-refractivity contribution in [1.29, 1.82) is 0 Å². The van der Waals surface area contributed by atoms with Crippen molar-refractivity contribution in [2.24, 2.45) is 5.92 Å². The second kappa shape index (κ2) is 6.37. The highest BCUT2D eigenvalue weighted by Crippen LogP contribution is 2.38. The van der Waals surface area contributed by atoms with Crippen LogP contribution in [0.3, 0.4) is 0 Å². The number of nitrogens with zero attached hydrogens (tertiary/aromatic N) is 2. The number of halogens is 2. The number of alkyl halides is 2. The molecule has 2 saturated heterocycles. The molecule has 2 unspecified atom stereocenters. The molecule has 1 aromatic carbocycles. The van der Waals surface area contributed by atoms with Crippen LogP contribution in [0, 0.1) is 5.92 Å². The molecule has 0 amide bonds. The van der Waals surface area contributed by atoms with Crippen LogP contribution in [-0.2, 0) is 0 Å². The van der Waals surface area contributed by atoms with Crippen LogP contribution in [0.2, 0.25) is 0 Å². The minimum absolute atomic E-state index is 0.0442. The Morgan fingerprint density at radius 1 is 1.32 bits per heavy atom. The molecular weight excluding hydrogens is 328 g/mol. The molecule has 5 nitrogen and oxygen atoms in total. The van der Waals surface area contributed by atoms with E-state index in [1.807, 2.05) is 0 Å². The summed E-state index contributed by atoms with van der Waals surface area (Å²) < 4.78 is 30.6. The number of carbonyl (C=O) groups excluding carboxylic acids is 1. The number of hydrogen-bond acceptors (Lipinski definition) is 3. The van der Waals surface area contributed by atoms with E-state index in [4.69, 9.17) is 0 Å². The van der Waals surface area contributed by atoms with Crippen LogP contribution in [0.5, 0.6) is 5.75 Å². The van der Waals surface area contributed by atoms with E-state index in [0.717, 1.165) is 12.8 Å². The van der Waals surface area contributed by atoms with Gasteiger partial charge in [-0.15, -0.1) is 0 Å². The summed E-state index contributed by atoms with van der Waals surface area (Å²) in [6.07, 6.45) is 6.75. The maximum Gasteiger partial charge on any atom is 0.387 e. The Kier molecular flexibility index (Phi) is 4.19. The van der Waals surface area contributed by atoms with Crippen molar-refractivity contribution in [1.82, 2.24) is 9.47 Å². The van der Waals surface area contributed by atoms with Crippen molar-refractivity contribution >= 4 is 16.9 Å². The number of benzene rings is 1. The zero-order chi connectivity index (χ0) is 17.6. The van der Waals surface area contributed by atoms with E-state index in [0.29, 0.717) is 35.5 Å². The van der Waals surface area contributed by atoms with Crippen molar-refractivity contribution in [2.45, 2.75) is 50.8 Å². The molecule has 0 radical (unpaired) electrons. The quantitative estimate of drug-likeness (QED) is 0.852. The summed E-state index contributed by atoms with van der Waals surface area (Å²) in [6.45, 7) is -2.86. The number of imidazole rings is 1. The fraction of sp³-hybridized carbons (Fsp3) is 0.556. The smallest absolute Gasteiger partial charge is 0.387 e. The molecule has 7 heteroatoms. The lowest BCUT2D eigenvalue weighted by Gasteiger charge is -2.35. The van der Waals surface area contributed by atoms with E-state index < -0.39 is 6.61 Å². The maximum absolute atomic E-state index is 12.7. The lowest BCUT2D eigenvalue weighted by atomic mass is 9.88. The third-order valence-corrected chi connectivity index (χ3v) is 5.73. The average Bonchev–Trinajstić information content (AvgIpc) is 3.04. The van der Waals surface area contributed by atoms with Gasteiger partial charge in [0.05, 0.1) is 6.42 Å². The second-order valence-electron chi connectivity index (χ2n) is 7.19. The average molecular weight is 350 g/mol. The molecule has 2 fully saturated rings. The molecule has 2 atom stereocenters. The van der Waals surface area contributed by atoms with Gasteiger partial charge in [0.1, 0.15) is 5.75 Å². The molecule has 2 aliphatic heterocycles. The van der Waals surface area contributed by atoms with Gasteiger partial charge in [0, 0.05) is 18.2 Å². The molecular formula is C18H22F2N3O2+. The Balaban J connectivity index is 1.49. The van der Waals surface area contributed by atoms with E-state index >= 15 is 0 Å². The van der Waals surface area contributed by atoms with Gasteiger partial charge in [-0.25, -0.2) is 9.78 Å². The van der Waals surface area contributed by atoms with E-state index in [1.54, 1.807) is 17.0 Å². The molecule has 2 bridgehead atoms. The van der Waals surface area contributed by atoms with E-state index in [2.05, 4.69) is 21.7 Å². The minimum atomic E-state index is -2.86. The lowest BCUT2D eigenvalue weighted by Crippen LogP contribution is -2.40. The topological polar surface area (TPSA) is 48.6 Å². The molecule has 0 aliphatic carbocycles. The second-order valence-corrected chi connectivity index (χ2v) is 7.19. The zero-order valence-corrected chi connectivity index (χ0v) is 14.1. The number of aromatic amines is 1. The highest BCUT2D eigenvalue weighted by Gasteiger charge is 2.39. The molecule has 2 aromatic rings. The number of piperidine rings is 1. The summed E-state index contributed by atoms with van der Waals surface area (Å²) in [6, 6.07) is 5.81. The van der Waals surface area contributed by atoms with Crippen LogP contribution in [-0.4, -0.2) is 41.1 Å². The van der Waals surface area contributed by atoms with Crippen LogP contribution in [0.15, 0.2) is 24.5 Å². The third kappa shape index (κ3) is 3.13. The Labute approximate surface area is 144 Å². The molecule has 0 spiro atoms. The molecule has 1 aromatic heterocycles. The van der Waals surface area contributed by atoms with Gasteiger partial charge in [0.15, 0.2) is 11.0 Å². The predicted molar refractivity (Wildman–Crippen MR) is 87.7 cm³/mol. The molecule has 4 rings (SSSR count). The van der Waals surface area contributed by atoms with Crippen molar-refractivity contribution in [3.05, 3.63) is 24.5 Å². The number of rotatable bonds is 4. The maximum atomic E-state index is 12.7. The molecule has 1 N–H and O–H groups in total. The molecule has 0 saturated carbocycles. The van der Waals surface area contributed by atoms with Gasteiger partial charge in [-0.2, -0.15) is 13.3 Å². The number of nitrogens with one attached hydrogen (secondary N) is 1. The van der Waals surface area contributed by atoms with Crippen LogP contribution < -0.4 is 9.72 Å². The highest BCUT2D eigenvalue weighted by atomic mass is 19.3. The van der Waals surface area contributed by atoms with Crippen molar-refractivity contribution < 1.29 is 23.3 Å². The van der Waals surface area contributed by atoms with Crippen LogP contribution in [0.25, 0.3) is 11.0 Å². The third-order valence-electron chi connectivity index (χ3n) is 5.73. The summed E-state index contributed by atoms with van der Waals surface area (Å²) in [5, 5.41) is 0. The highest BCUT2D eigenvalue weighted by molar-refractivity contribution is 5.89. The summed E-state index contributed by atoms with van der Waals surface area (Å²) in [4.78, 5) is 18.2. The first-order chi connectivity index (χ1) is 12.0. The van der Waals surface area contributed by atoms with Gasteiger partial charge in [0.25, 0.3) is 0 Å². The standard InChI is InChI=1S/C18H21F2N3O2/c1-22-12-2-3-13(22)7-11(6-12)8-17(24)23-10-21-15-9-14(25-18(19)20)4-5-16(15)23/h4-5,9-13,18H,2-3,6-8H2,1H3/p+1. The molecule has 134 valence electrons. The molecule has 3 heterocycles. The summed E-state index contributed by atoms with van der Waals surface area (Å²) in [5.74, 6) is 0.540.